The van der Waals surface area contributed by atoms with Gasteiger partial charge in [-0.3, -0.25) is 13.9 Å². The summed E-state index contributed by atoms with van der Waals surface area (Å²) in [5.41, 5.74) is 0.747. The van der Waals surface area contributed by atoms with Crippen LogP contribution in [0.4, 0.5) is 11.4 Å². The molecule has 178 valence electrons. The van der Waals surface area contributed by atoms with E-state index in [1.807, 2.05) is 0 Å². The van der Waals surface area contributed by atoms with Crippen LogP contribution < -0.4 is 19.7 Å². The van der Waals surface area contributed by atoms with Gasteiger partial charge in [0.05, 0.1) is 41.4 Å². The van der Waals surface area contributed by atoms with Gasteiger partial charge in [-0.05, 0) is 43.2 Å². The fourth-order valence-corrected chi connectivity index (χ4v) is 4.53. The smallest absolute Gasteiger partial charge is 0.253 e. The van der Waals surface area contributed by atoms with Crippen molar-refractivity contribution < 1.29 is 27.5 Å². The van der Waals surface area contributed by atoms with E-state index in [9.17, 15) is 18.0 Å². The Balaban J connectivity index is 1.73. The van der Waals surface area contributed by atoms with Crippen LogP contribution >= 0.6 is 11.6 Å². The third-order valence-electron chi connectivity index (χ3n) is 5.07. The van der Waals surface area contributed by atoms with Crippen molar-refractivity contribution in [3.63, 3.8) is 0 Å². The van der Waals surface area contributed by atoms with E-state index in [2.05, 4.69) is 10.6 Å². The molecule has 0 unspecified atom stereocenters. The summed E-state index contributed by atoms with van der Waals surface area (Å²) in [6.07, 6.45) is 2.82. The predicted molar refractivity (Wildman–Crippen MR) is 127 cm³/mol. The Morgan fingerprint density at radius 3 is 2.64 bits per heavy atom. The second-order valence-electron chi connectivity index (χ2n) is 7.53. The fourth-order valence-electron chi connectivity index (χ4n) is 3.43. The van der Waals surface area contributed by atoms with E-state index in [0.717, 1.165) is 23.4 Å². The fraction of sp³-hybridized carbons (Fsp3) is 0.364. The van der Waals surface area contributed by atoms with Crippen molar-refractivity contribution in [3.05, 3.63) is 53.1 Å². The van der Waals surface area contributed by atoms with Crippen LogP contribution in [0.5, 0.6) is 5.75 Å². The van der Waals surface area contributed by atoms with Crippen molar-refractivity contribution in [2.75, 3.05) is 42.7 Å². The molecular weight excluding hydrogens is 470 g/mol. The van der Waals surface area contributed by atoms with E-state index in [1.54, 1.807) is 24.3 Å². The molecule has 2 aromatic carbocycles. The molecule has 0 aliphatic carbocycles. The second kappa shape index (κ2) is 10.9. The number of methoxy groups -OCH3 is 1. The molecule has 0 radical (unpaired) electrons. The molecule has 1 heterocycles. The molecular formula is C22H26ClN3O6S. The first-order valence-electron chi connectivity index (χ1n) is 10.3. The van der Waals surface area contributed by atoms with Gasteiger partial charge in [-0.15, -0.1) is 0 Å². The Morgan fingerprint density at radius 2 is 2.00 bits per heavy atom. The summed E-state index contributed by atoms with van der Waals surface area (Å²) in [5, 5.41) is 5.65. The van der Waals surface area contributed by atoms with Gasteiger partial charge in [-0.25, -0.2) is 8.42 Å². The molecule has 1 saturated heterocycles. The molecule has 0 bridgehead atoms. The first-order valence-corrected chi connectivity index (χ1v) is 12.5. The SMILES string of the molecule is COc1ccc(N(CC(=O)Nc2ccccc2C(=O)NC[C@H]2CCCO2)S(C)(=O)=O)cc1Cl. The number of nitrogens with zero attached hydrogens (tertiary/aromatic N) is 1. The maximum atomic E-state index is 12.8. The molecule has 3 rings (SSSR count). The van der Waals surface area contributed by atoms with Crippen molar-refractivity contribution in [1.29, 1.82) is 0 Å². The third kappa shape index (κ3) is 6.59. The lowest BCUT2D eigenvalue weighted by atomic mass is 10.1. The normalized spacial score (nSPS) is 15.7. The Hall–Kier alpha value is -2.82. The summed E-state index contributed by atoms with van der Waals surface area (Å²) >= 11 is 6.12. The zero-order valence-corrected chi connectivity index (χ0v) is 19.9. The largest absolute Gasteiger partial charge is 0.495 e. The molecule has 0 saturated carbocycles. The lowest BCUT2D eigenvalue weighted by molar-refractivity contribution is -0.114. The van der Waals surface area contributed by atoms with Crippen molar-refractivity contribution in [1.82, 2.24) is 5.32 Å². The first-order chi connectivity index (χ1) is 15.7. The number of sulfonamides is 1. The highest BCUT2D eigenvalue weighted by Crippen LogP contribution is 2.30. The number of ether oxygens (including phenoxy) is 2. The first kappa shape index (κ1) is 24.8. The van der Waals surface area contributed by atoms with Gasteiger partial charge in [0.1, 0.15) is 12.3 Å². The number of hydrogen-bond acceptors (Lipinski definition) is 6. The van der Waals surface area contributed by atoms with Crippen LogP contribution in [0.1, 0.15) is 23.2 Å². The Bertz CT molecular complexity index is 1120. The number of halogens is 1. The summed E-state index contributed by atoms with van der Waals surface area (Å²) in [5.74, 6) is -0.601. The van der Waals surface area contributed by atoms with Gasteiger partial charge >= 0.3 is 0 Å². The lowest BCUT2D eigenvalue weighted by Crippen LogP contribution is -2.38. The van der Waals surface area contributed by atoms with E-state index in [1.165, 1.54) is 25.3 Å². The van der Waals surface area contributed by atoms with E-state index in [0.29, 0.717) is 18.9 Å². The van der Waals surface area contributed by atoms with Crippen molar-refractivity contribution in [3.8, 4) is 5.75 Å². The molecule has 2 amide bonds. The Kier molecular flexibility index (Phi) is 8.17. The molecule has 9 nitrogen and oxygen atoms in total. The van der Waals surface area contributed by atoms with Crippen LogP contribution in [0, 0.1) is 0 Å². The minimum absolute atomic E-state index is 0.0182. The molecule has 1 atom stereocenters. The highest BCUT2D eigenvalue weighted by atomic mass is 35.5. The van der Waals surface area contributed by atoms with Gasteiger partial charge in [-0.1, -0.05) is 23.7 Å². The molecule has 1 aliphatic heterocycles. The average Bonchev–Trinajstić information content (AvgIpc) is 3.29. The van der Waals surface area contributed by atoms with Gasteiger partial charge < -0.3 is 20.1 Å². The number of anilines is 2. The van der Waals surface area contributed by atoms with E-state index in [4.69, 9.17) is 21.1 Å². The summed E-state index contributed by atoms with van der Waals surface area (Å²) < 4.78 is 36.3. The molecule has 1 aliphatic rings. The van der Waals surface area contributed by atoms with Crippen molar-refractivity contribution in [2.24, 2.45) is 0 Å². The summed E-state index contributed by atoms with van der Waals surface area (Å²) in [6, 6.07) is 10.9. The topological polar surface area (TPSA) is 114 Å². The number of carbonyl (C=O) groups excluding carboxylic acids is 2. The highest BCUT2D eigenvalue weighted by molar-refractivity contribution is 7.92. The van der Waals surface area contributed by atoms with Crippen LogP contribution in [0.25, 0.3) is 0 Å². The monoisotopic (exact) mass is 495 g/mol. The minimum Gasteiger partial charge on any atom is -0.495 e. The molecule has 0 aromatic heterocycles. The van der Waals surface area contributed by atoms with E-state index in [-0.39, 0.29) is 34.0 Å². The van der Waals surface area contributed by atoms with Gasteiger partial charge in [0.2, 0.25) is 15.9 Å². The Labute approximate surface area is 198 Å². The summed E-state index contributed by atoms with van der Waals surface area (Å²) in [7, 11) is -2.36. The van der Waals surface area contributed by atoms with Crippen molar-refractivity contribution in [2.45, 2.75) is 18.9 Å². The number of hydrogen-bond donors (Lipinski definition) is 2. The maximum Gasteiger partial charge on any atom is 0.253 e. The summed E-state index contributed by atoms with van der Waals surface area (Å²) in [4.78, 5) is 25.4. The average molecular weight is 496 g/mol. The number of para-hydroxylation sites is 1. The quantitative estimate of drug-likeness (QED) is 0.553. The molecule has 2 aromatic rings. The molecule has 1 fully saturated rings. The number of rotatable bonds is 9. The van der Waals surface area contributed by atoms with Crippen LogP contribution in [0.2, 0.25) is 5.02 Å². The molecule has 11 heteroatoms. The number of amides is 2. The van der Waals surface area contributed by atoms with Crippen molar-refractivity contribution >= 4 is 44.8 Å². The van der Waals surface area contributed by atoms with Gasteiger partial charge in [0.25, 0.3) is 5.91 Å². The zero-order chi connectivity index (χ0) is 24.0. The van der Waals surface area contributed by atoms with Crippen LogP contribution in [0.3, 0.4) is 0 Å². The zero-order valence-electron chi connectivity index (χ0n) is 18.3. The van der Waals surface area contributed by atoms with Crippen LogP contribution in [-0.4, -0.2) is 59.4 Å². The predicted octanol–water partition coefficient (Wildman–Crippen LogP) is 2.66. The molecule has 2 N–H and O–H groups in total. The number of benzene rings is 2. The lowest BCUT2D eigenvalue weighted by Gasteiger charge is -2.23. The maximum absolute atomic E-state index is 12.8. The molecule has 0 spiro atoms. The van der Waals surface area contributed by atoms with Crippen LogP contribution in [0.15, 0.2) is 42.5 Å². The van der Waals surface area contributed by atoms with Gasteiger partial charge in [-0.2, -0.15) is 0 Å². The second-order valence-corrected chi connectivity index (χ2v) is 9.84. The van der Waals surface area contributed by atoms with E-state index >= 15 is 0 Å². The standard InChI is InChI=1S/C22H26ClN3O6S/c1-31-20-10-9-15(12-18(20)23)26(33(2,29)30)14-21(27)25-19-8-4-3-7-17(19)22(28)24-13-16-6-5-11-32-16/h3-4,7-10,12,16H,5-6,11,13-14H2,1-2H3,(H,24,28)(H,25,27)/t16-/m1/s1. The van der Waals surface area contributed by atoms with Gasteiger partial charge in [0, 0.05) is 13.2 Å². The number of carbonyl (C=O) groups is 2. The summed E-state index contributed by atoms with van der Waals surface area (Å²) in [6.45, 7) is 0.554. The Morgan fingerprint density at radius 1 is 1.24 bits per heavy atom. The van der Waals surface area contributed by atoms with Gasteiger partial charge in [0.15, 0.2) is 0 Å². The van der Waals surface area contributed by atoms with E-state index < -0.39 is 22.5 Å². The highest BCUT2D eigenvalue weighted by Gasteiger charge is 2.23. The number of nitrogens with one attached hydrogen (secondary N) is 2. The minimum atomic E-state index is -3.81. The van der Waals surface area contributed by atoms with Crippen LogP contribution in [-0.2, 0) is 19.6 Å². The molecule has 33 heavy (non-hydrogen) atoms. The third-order valence-corrected chi connectivity index (χ3v) is 6.51.